The Hall–Kier alpha value is -2.89. The number of amides is 1. The molecule has 1 N–H and O–H groups in total. The molecular formula is C18H20N4O2. The minimum absolute atomic E-state index is 0.101. The zero-order valence-corrected chi connectivity index (χ0v) is 14.0. The third-order valence-corrected chi connectivity index (χ3v) is 4.19. The summed E-state index contributed by atoms with van der Waals surface area (Å²) in [6, 6.07) is 11.3. The van der Waals surface area contributed by atoms with Crippen LogP contribution < -0.4 is 11.0 Å². The first-order chi connectivity index (χ1) is 11.5. The lowest BCUT2D eigenvalue weighted by Crippen LogP contribution is -2.34. The van der Waals surface area contributed by atoms with Gasteiger partial charge in [0.2, 0.25) is 5.91 Å². The Morgan fingerprint density at radius 1 is 1.21 bits per heavy atom. The summed E-state index contributed by atoms with van der Waals surface area (Å²) >= 11 is 0. The molecule has 0 radical (unpaired) electrons. The van der Waals surface area contributed by atoms with Crippen molar-refractivity contribution in [1.82, 2.24) is 19.5 Å². The van der Waals surface area contributed by atoms with Crippen molar-refractivity contribution in [2.45, 2.75) is 33.4 Å². The van der Waals surface area contributed by atoms with Gasteiger partial charge in [-0.1, -0.05) is 24.3 Å². The quantitative estimate of drug-likeness (QED) is 0.798. The molecule has 0 saturated heterocycles. The first kappa shape index (κ1) is 16.0. The molecule has 3 rings (SSSR count). The van der Waals surface area contributed by atoms with Crippen LogP contribution in [0.15, 0.2) is 47.4 Å². The summed E-state index contributed by atoms with van der Waals surface area (Å²) in [7, 11) is 0. The van der Waals surface area contributed by atoms with Gasteiger partial charge in [-0.3, -0.25) is 9.20 Å². The Labute approximate surface area is 139 Å². The van der Waals surface area contributed by atoms with Crippen LogP contribution in [0.4, 0.5) is 0 Å². The number of aryl methyl sites for hydroxylation is 2. The summed E-state index contributed by atoms with van der Waals surface area (Å²) in [5, 5.41) is 7.08. The van der Waals surface area contributed by atoms with Gasteiger partial charge in [0.1, 0.15) is 6.54 Å². The predicted molar refractivity (Wildman–Crippen MR) is 91.9 cm³/mol. The molecule has 1 amide bonds. The number of aromatic nitrogens is 3. The van der Waals surface area contributed by atoms with Gasteiger partial charge in [0.15, 0.2) is 5.65 Å². The van der Waals surface area contributed by atoms with Crippen molar-refractivity contribution in [2.75, 3.05) is 0 Å². The van der Waals surface area contributed by atoms with Gasteiger partial charge < -0.3 is 5.32 Å². The number of benzene rings is 1. The van der Waals surface area contributed by atoms with Crippen LogP contribution in [0.25, 0.3) is 5.65 Å². The molecule has 1 aromatic carbocycles. The van der Waals surface area contributed by atoms with E-state index >= 15 is 0 Å². The van der Waals surface area contributed by atoms with E-state index < -0.39 is 0 Å². The molecule has 0 spiro atoms. The molecule has 0 aliphatic rings. The smallest absolute Gasteiger partial charge is 0.348 e. The molecule has 1 unspecified atom stereocenters. The monoisotopic (exact) mass is 324 g/mol. The van der Waals surface area contributed by atoms with Gasteiger partial charge in [0.05, 0.1) is 6.04 Å². The standard InChI is InChI=1S/C18H20N4O2/c1-12-7-8-15(10-13(12)2)14(3)19-17(23)11-22-18(24)21-9-5-4-6-16(21)20-22/h4-10,14H,11H2,1-3H3,(H,19,23). The zero-order valence-electron chi connectivity index (χ0n) is 14.0. The molecule has 0 fully saturated rings. The maximum absolute atomic E-state index is 12.3. The molecule has 6 nitrogen and oxygen atoms in total. The van der Waals surface area contributed by atoms with Crippen LogP contribution in [0.2, 0.25) is 0 Å². The third kappa shape index (κ3) is 3.08. The fourth-order valence-electron chi connectivity index (χ4n) is 2.61. The average molecular weight is 324 g/mol. The molecule has 1 atom stereocenters. The van der Waals surface area contributed by atoms with E-state index in [2.05, 4.69) is 23.4 Å². The minimum atomic E-state index is -0.320. The molecule has 3 aromatic rings. The summed E-state index contributed by atoms with van der Waals surface area (Å²) < 4.78 is 2.60. The lowest BCUT2D eigenvalue weighted by atomic mass is 10.0. The highest BCUT2D eigenvalue weighted by molar-refractivity contribution is 5.76. The van der Waals surface area contributed by atoms with E-state index in [1.807, 2.05) is 26.0 Å². The Kier molecular flexibility index (Phi) is 4.20. The number of hydrogen-bond donors (Lipinski definition) is 1. The number of nitrogens with zero attached hydrogens (tertiary/aromatic N) is 3. The second-order valence-corrected chi connectivity index (χ2v) is 6.00. The molecule has 24 heavy (non-hydrogen) atoms. The Balaban J connectivity index is 1.73. The fourth-order valence-corrected chi connectivity index (χ4v) is 2.61. The first-order valence-corrected chi connectivity index (χ1v) is 7.86. The highest BCUT2D eigenvalue weighted by Gasteiger charge is 2.13. The van der Waals surface area contributed by atoms with Gasteiger partial charge in [-0.15, -0.1) is 5.10 Å². The van der Waals surface area contributed by atoms with Crippen LogP contribution in [-0.2, 0) is 11.3 Å². The topological polar surface area (TPSA) is 68.4 Å². The van der Waals surface area contributed by atoms with E-state index in [4.69, 9.17) is 0 Å². The second-order valence-electron chi connectivity index (χ2n) is 6.00. The summed E-state index contributed by atoms with van der Waals surface area (Å²) in [5.74, 6) is -0.244. The van der Waals surface area contributed by atoms with E-state index in [1.165, 1.54) is 20.2 Å². The average Bonchev–Trinajstić information content (AvgIpc) is 2.86. The van der Waals surface area contributed by atoms with Gasteiger partial charge in [-0.25, -0.2) is 9.48 Å². The summed E-state index contributed by atoms with van der Waals surface area (Å²) in [5.41, 5.74) is 3.64. The van der Waals surface area contributed by atoms with Crippen LogP contribution >= 0.6 is 0 Å². The normalized spacial score (nSPS) is 12.3. The SMILES string of the molecule is Cc1ccc(C(C)NC(=O)Cn2nc3ccccn3c2=O)cc1C. The fraction of sp³-hybridized carbons (Fsp3) is 0.278. The predicted octanol–water partition coefficient (Wildman–Crippen LogP) is 1.99. The third-order valence-electron chi connectivity index (χ3n) is 4.19. The molecule has 2 heterocycles. The maximum atomic E-state index is 12.3. The lowest BCUT2D eigenvalue weighted by Gasteiger charge is -2.15. The van der Waals surface area contributed by atoms with E-state index in [0.717, 1.165) is 5.56 Å². The van der Waals surface area contributed by atoms with Crippen LogP contribution in [-0.4, -0.2) is 20.1 Å². The summed E-state index contributed by atoms with van der Waals surface area (Å²) in [4.78, 5) is 24.4. The zero-order chi connectivity index (χ0) is 17.3. The second kappa shape index (κ2) is 6.31. The van der Waals surface area contributed by atoms with Crippen molar-refractivity contribution in [2.24, 2.45) is 0 Å². The van der Waals surface area contributed by atoms with Gasteiger partial charge in [-0.2, -0.15) is 0 Å². The van der Waals surface area contributed by atoms with Crippen LogP contribution in [0.3, 0.4) is 0 Å². The highest BCUT2D eigenvalue weighted by atomic mass is 16.2. The Morgan fingerprint density at radius 2 is 2.00 bits per heavy atom. The molecule has 2 aromatic heterocycles. The number of hydrogen-bond acceptors (Lipinski definition) is 3. The van der Waals surface area contributed by atoms with Crippen molar-refractivity contribution >= 4 is 11.6 Å². The first-order valence-electron chi connectivity index (χ1n) is 7.86. The number of pyridine rings is 1. The van der Waals surface area contributed by atoms with Crippen molar-refractivity contribution in [3.63, 3.8) is 0 Å². The highest BCUT2D eigenvalue weighted by Crippen LogP contribution is 2.16. The van der Waals surface area contributed by atoms with Gasteiger partial charge >= 0.3 is 5.69 Å². The van der Waals surface area contributed by atoms with E-state index in [-0.39, 0.29) is 24.2 Å². The lowest BCUT2D eigenvalue weighted by molar-refractivity contribution is -0.122. The Morgan fingerprint density at radius 3 is 2.71 bits per heavy atom. The van der Waals surface area contributed by atoms with Crippen molar-refractivity contribution in [3.8, 4) is 0 Å². The van der Waals surface area contributed by atoms with Crippen LogP contribution in [0, 0.1) is 13.8 Å². The number of nitrogens with one attached hydrogen (secondary N) is 1. The largest absolute Gasteiger partial charge is 0.350 e. The van der Waals surface area contributed by atoms with Gasteiger partial charge in [0.25, 0.3) is 0 Å². The van der Waals surface area contributed by atoms with E-state index in [1.54, 1.807) is 24.4 Å². The van der Waals surface area contributed by atoms with Gasteiger partial charge in [-0.05, 0) is 49.6 Å². The maximum Gasteiger partial charge on any atom is 0.350 e. The number of carbonyl (C=O) groups excluding carboxylic acids is 1. The van der Waals surface area contributed by atoms with Crippen LogP contribution in [0.5, 0.6) is 0 Å². The molecule has 124 valence electrons. The van der Waals surface area contributed by atoms with Crippen molar-refractivity contribution in [3.05, 3.63) is 69.8 Å². The molecular weight excluding hydrogens is 304 g/mol. The summed E-state index contributed by atoms with van der Waals surface area (Å²) in [6.07, 6.45) is 1.64. The minimum Gasteiger partial charge on any atom is -0.348 e. The molecule has 6 heteroatoms. The Bertz CT molecular complexity index is 955. The van der Waals surface area contributed by atoms with Gasteiger partial charge in [0, 0.05) is 6.20 Å². The van der Waals surface area contributed by atoms with E-state index in [0.29, 0.717) is 5.65 Å². The molecule has 0 saturated carbocycles. The van der Waals surface area contributed by atoms with Crippen molar-refractivity contribution < 1.29 is 4.79 Å². The number of rotatable bonds is 4. The van der Waals surface area contributed by atoms with E-state index in [9.17, 15) is 9.59 Å². The number of carbonyl (C=O) groups is 1. The number of fused-ring (bicyclic) bond motifs is 1. The van der Waals surface area contributed by atoms with Crippen molar-refractivity contribution in [1.29, 1.82) is 0 Å². The summed E-state index contributed by atoms with van der Waals surface area (Å²) in [6.45, 7) is 5.92. The molecule has 0 bridgehead atoms. The molecule has 0 aliphatic carbocycles. The van der Waals surface area contributed by atoms with Crippen LogP contribution in [0.1, 0.15) is 29.7 Å². The molecule has 0 aliphatic heterocycles.